The number of nitrogen functional groups attached to an aromatic ring is 1. The lowest BCUT2D eigenvalue weighted by atomic mass is 10.1. The topological polar surface area (TPSA) is 48.1 Å². The van der Waals surface area contributed by atoms with Crippen LogP contribution in [0, 0.1) is 0 Å². The summed E-state index contributed by atoms with van der Waals surface area (Å²) >= 11 is 4.90. The second kappa shape index (κ2) is 3.21. The lowest BCUT2D eigenvalue weighted by molar-refractivity contribution is 0.305. The average molecular weight is 283 g/mol. The Morgan fingerprint density at radius 1 is 1.47 bits per heavy atom. The molecular formula is C10H7BrN2OS. The largest absolute Gasteiger partial charge is 0.487 e. The number of hydrogen-bond donors (Lipinski definition) is 1. The summed E-state index contributed by atoms with van der Waals surface area (Å²) < 4.78 is 6.64. The third kappa shape index (κ3) is 1.42. The summed E-state index contributed by atoms with van der Waals surface area (Å²) in [5.74, 6) is 0.863. The van der Waals surface area contributed by atoms with Crippen molar-refractivity contribution in [3.63, 3.8) is 0 Å². The number of aromatic nitrogens is 1. The van der Waals surface area contributed by atoms with Crippen LogP contribution in [0.25, 0.3) is 11.3 Å². The van der Waals surface area contributed by atoms with Crippen LogP contribution in [-0.4, -0.2) is 4.98 Å². The minimum absolute atomic E-state index is 0.563. The van der Waals surface area contributed by atoms with Crippen molar-refractivity contribution in [1.29, 1.82) is 0 Å². The maximum atomic E-state index is 5.69. The first kappa shape index (κ1) is 9.18. The molecule has 3 nitrogen and oxygen atoms in total. The predicted octanol–water partition coefficient (Wildman–Crippen LogP) is 3.05. The van der Waals surface area contributed by atoms with Gasteiger partial charge in [-0.05, 0) is 18.2 Å². The quantitative estimate of drug-likeness (QED) is 0.808. The van der Waals surface area contributed by atoms with E-state index in [0.29, 0.717) is 11.7 Å². The van der Waals surface area contributed by atoms with Crippen LogP contribution in [0.4, 0.5) is 5.13 Å². The molecule has 1 aliphatic heterocycles. The summed E-state index contributed by atoms with van der Waals surface area (Å²) in [6.45, 7) is 0.563. The number of benzene rings is 1. The van der Waals surface area contributed by atoms with Gasteiger partial charge in [-0.25, -0.2) is 4.98 Å². The second-order valence-corrected chi connectivity index (χ2v) is 5.28. The molecule has 76 valence electrons. The van der Waals surface area contributed by atoms with Crippen LogP contribution < -0.4 is 10.5 Å². The van der Waals surface area contributed by atoms with Crippen molar-refractivity contribution in [1.82, 2.24) is 4.98 Å². The fraction of sp³-hybridized carbons (Fsp3) is 0.100. The standard InChI is InChI=1S/C10H7BrN2OS/c11-5-1-2-6-7(3-5)14-4-8-9(6)13-10(12)15-8/h1-3H,4H2,(H2,12,13). The van der Waals surface area contributed by atoms with Crippen molar-refractivity contribution in [2.45, 2.75) is 6.61 Å². The summed E-state index contributed by atoms with van der Waals surface area (Å²) in [4.78, 5) is 5.42. The van der Waals surface area contributed by atoms with Crippen LogP contribution in [-0.2, 0) is 6.61 Å². The zero-order chi connectivity index (χ0) is 10.4. The maximum Gasteiger partial charge on any atom is 0.180 e. The Bertz CT molecular complexity index is 538. The molecule has 0 amide bonds. The van der Waals surface area contributed by atoms with E-state index in [1.54, 1.807) is 0 Å². The lowest BCUT2D eigenvalue weighted by Gasteiger charge is -2.16. The van der Waals surface area contributed by atoms with E-state index in [1.165, 1.54) is 11.3 Å². The first-order chi connectivity index (χ1) is 7.24. The van der Waals surface area contributed by atoms with E-state index in [4.69, 9.17) is 10.5 Å². The van der Waals surface area contributed by atoms with E-state index in [1.807, 2.05) is 18.2 Å². The molecule has 1 aliphatic rings. The number of nitrogens with two attached hydrogens (primary N) is 1. The highest BCUT2D eigenvalue weighted by molar-refractivity contribution is 9.10. The smallest absolute Gasteiger partial charge is 0.180 e. The molecule has 1 aromatic carbocycles. The van der Waals surface area contributed by atoms with E-state index >= 15 is 0 Å². The van der Waals surface area contributed by atoms with Gasteiger partial charge in [0.05, 0.1) is 10.6 Å². The average Bonchev–Trinajstić information content (AvgIpc) is 2.58. The molecular weight excluding hydrogens is 276 g/mol. The molecule has 2 N–H and O–H groups in total. The minimum Gasteiger partial charge on any atom is -0.487 e. The van der Waals surface area contributed by atoms with Crippen molar-refractivity contribution >= 4 is 32.4 Å². The summed E-state index contributed by atoms with van der Waals surface area (Å²) in [5.41, 5.74) is 7.67. The molecule has 5 heteroatoms. The number of rotatable bonds is 0. The van der Waals surface area contributed by atoms with Gasteiger partial charge in [-0.2, -0.15) is 0 Å². The molecule has 0 aliphatic carbocycles. The molecule has 0 atom stereocenters. The minimum atomic E-state index is 0.563. The van der Waals surface area contributed by atoms with E-state index in [9.17, 15) is 0 Å². The predicted molar refractivity (Wildman–Crippen MR) is 64.0 cm³/mol. The van der Waals surface area contributed by atoms with Gasteiger partial charge in [-0.1, -0.05) is 27.3 Å². The molecule has 0 saturated carbocycles. The van der Waals surface area contributed by atoms with Gasteiger partial charge in [0.2, 0.25) is 0 Å². The highest BCUT2D eigenvalue weighted by Gasteiger charge is 2.21. The zero-order valence-electron chi connectivity index (χ0n) is 7.66. The molecule has 0 bridgehead atoms. The SMILES string of the molecule is Nc1nc2c(s1)COc1cc(Br)ccc1-2. The fourth-order valence-corrected chi connectivity index (χ4v) is 2.73. The van der Waals surface area contributed by atoms with Crippen LogP contribution in [0.15, 0.2) is 22.7 Å². The molecule has 0 fully saturated rings. The van der Waals surface area contributed by atoms with Gasteiger partial charge in [-0.3, -0.25) is 0 Å². The van der Waals surface area contributed by atoms with Gasteiger partial charge in [0, 0.05) is 10.0 Å². The van der Waals surface area contributed by atoms with E-state index in [2.05, 4.69) is 20.9 Å². The van der Waals surface area contributed by atoms with E-state index in [0.717, 1.165) is 26.4 Å². The van der Waals surface area contributed by atoms with Crippen molar-refractivity contribution in [2.75, 3.05) is 5.73 Å². The highest BCUT2D eigenvalue weighted by Crippen LogP contribution is 2.41. The number of halogens is 1. The van der Waals surface area contributed by atoms with Crippen LogP contribution in [0.5, 0.6) is 5.75 Å². The van der Waals surface area contributed by atoms with E-state index < -0.39 is 0 Å². The Balaban J connectivity index is 2.25. The van der Waals surface area contributed by atoms with Gasteiger partial charge in [0.25, 0.3) is 0 Å². The van der Waals surface area contributed by atoms with Gasteiger partial charge in [-0.15, -0.1) is 0 Å². The first-order valence-electron chi connectivity index (χ1n) is 4.42. The van der Waals surface area contributed by atoms with Crippen molar-refractivity contribution < 1.29 is 4.74 Å². The molecule has 0 saturated heterocycles. The van der Waals surface area contributed by atoms with Crippen LogP contribution in [0.2, 0.25) is 0 Å². The van der Waals surface area contributed by atoms with Gasteiger partial charge in [0.15, 0.2) is 5.13 Å². The molecule has 0 radical (unpaired) electrons. The van der Waals surface area contributed by atoms with Crippen LogP contribution in [0.1, 0.15) is 4.88 Å². The molecule has 0 spiro atoms. The number of anilines is 1. The summed E-state index contributed by atoms with van der Waals surface area (Å²) in [6, 6.07) is 5.93. The number of hydrogen-bond acceptors (Lipinski definition) is 4. The Morgan fingerprint density at radius 3 is 3.20 bits per heavy atom. The second-order valence-electron chi connectivity index (χ2n) is 3.25. The number of ether oxygens (including phenoxy) is 1. The van der Waals surface area contributed by atoms with Crippen molar-refractivity contribution in [3.05, 3.63) is 27.5 Å². The maximum absolute atomic E-state index is 5.69. The lowest BCUT2D eigenvalue weighted by Crippen LogP contribution is -2.02. The monoisotopic (exact) mass is 282 g/mol. The Kier molecular flexibility index (Phi) is 1.97. The summed E-state index contributed by atoms with van der Waals surface area (Å²) in [5, 5.41) is 0.597. The molecule has 2 heterocycles. The normalized spacial score (nSPS) is 12.9. The fourth-order valence-electron chi connectivity index (χ4n) is 1.63. The summed E-state index contributed by atoms with van der Waals surface area (Å²) in [7, 11) is 0. The third-order valence-corrected chi connectivity index (χ3v) is 3.62. The number of nitrogens with zero attached hydrogens (tertiary/aromatic N) is 1. The molecule has 0 unspecified atom stereocenters. The number of fused-ring (bicyclic) bond motifs is 3. The van der Waals surface area contributed by atoms with Crippen LogP contribution in [0.3, 0.4) is 0 Å². The van der Waals surface area contributed by atoms with Crippen LogP contribution >= 0.6 is 27.3 Å². The van der Waals surface area contributed by atoms with Crippen molar-refractivity contribution in [2.24, 2.45) is 0 Å². The molecule has 2 aromatic rings. The Morgan fingerprint density at radius 2 is 2.33 bits per heavy atom. The molecule has 15 heavy (non-hydrogen) atoms. The van der Waals surface area contributed by atoms with Gasteiger partial charge >= 0.3 is 0 Å². The first-order valence-corrected chi connectivity index (χ1v) is 6.03. The Labute approximate surface area is 99.0 Å². The molecule has 1 aromatic heterocycles. The third-order valence-electron chi connectivity index (χ3n) is 2.27. The van der Waals surface area contributed by atoms with Crippen molar-refractivity contribution in [3.8, 4) is 17.0 Å². The van der Waals surface area contributed by atoms with E-state index in [-0.39, 0.29) is 0 Å². The van der Waals surface area contributed by atoms with Gasteiger partial charge < -0.3 is 10.5 Å². The zero-order valence-corrected chi connectivity index (χ0v) is 10.1. The summed E-state index contributed by atoms with van der Waals surface area (Å²) in [6.07, 6.45) is 0. The Hall–Kier alpha value is -1.07. The molecule has 3 rings (SSSR count). The van der Waals surface area contributed by atoms with Gasteiger partial charge in [0.1, 0.15) is 12.4 Å². The highest BCUT2D eigenvalue weighted by atomic mass is 79.9. The number of thiazole rings is 1.